The lowest BCUT2D eigenvalue weighted by atomic mass is 9.99. The van der Waals surface area contributed by atoms with Gasteiger partial charge in [-0.15, -0.1) is 0 Å². The molecule has 1 heteroatoms. The summed E-state index contributed by atoms with van der Waals surface area (Å²) >= 11 is 0. The SMILES string of the molecule is CCCC.Cc1ccc(OCC(C)(C)C)cc1. The summed E-state index contributed by atoms with van der Waals surface area (Å²) in [6.45, 7) is 13.7. The highest BCUT2D eigenvalue weighted by Crippen LogP contribution is 2.17. The summed E-state index contributed by atoms with van der Waals surface area (Å²) in [6.07, 6.45) is 2.64. The Morgan fingerprint density at radius 3 is 1.76 bits per heavy atom. The van der Waals surface area contributed by atoms with Gasteiger partial charge in [-0.1, -0.05) is 65.2 Å². The molecular formula is C16H28O. The number of rotatable bonds is 3. The second-order valence-corrected chi connectivity index (χ2v) is 5.66. The van der Waals surface area contributed by atoms with Gasteiger partial charge in [0.1, 0.15) is 5.75 Å². The lowest BCUT2D eigenvalue weighted by Crippen LogP contribution is -2.16. The van der Waals surface area contributed by atoms with Gasteiger partial charge in [0.2, 0.25) is 0 Å². The Labute approximate surface area is 107 Å². The van der Waals surface area contributed by atoms with E-state index in [-0.39, 0.29) is 5.41 Å². The van der Waals surface area contributed by atoms with Gasteiger partial charge in [0, 0.05) is 0 Å². The maximum atomic E-state index is 5.63. The van der Waals surface area contributed by atoms with Gasteiger partial charge in [-0.05, 0) is 24.5 Å². The van der Waals surface area contributed by atoms with Crippen molar-refractivity contribution in [2.75, 3.05) is 6.61 Å². The first kappa shape index (κ1) is 16.0. The van der Waals surface area contributed by atoms with Gasteiger partial charge in [-0.3, -0.25) is 0 Å². The zero-order valence-electron chi connectivity index (χ0n) is 12.3. The van der Waals surface area contributed by atoms with Crippen molar-refractivity contribution in [3.05, 3.63) is 29.8 Å². The van der Waals surface area contributed by atoms with E-state index >= 15 is 0 Å². The third kappa shape index (κ3) is 9.92. The highest BCUT2D eigenvalue weighted by Gasteiger charge is 2.10. The van der Waals surface area contributed by atoms with Crippen LogP contribution in [0.3, 0.4) is 0 Å². The van der Waals surface area contributed by atoms with Crippen molar-refractivity contribution in [2.24, 2.45) is 5.41 Å². The van der Waals surface area contributed by atoms with Crippen molar-refractivity contribution in [3.8, 4) is 5.75 Å². The molecule has 0 saturated heterocycles. The first-order valence-corrected chi connectivity index (χ1v) is 6.58. The molecule has 0 atom stereocenters. The van der Waals surface area contributed by atoms with Crippen LogP contribution in [0.1, 0.15) is 53.0 Å². The van der Waals surface area contributed by atoms with E-state index in [1.807, 2.05) is 12.1 Å². The van der Waals surface area contributed by atoms with Gasteiger partial charge in [-0.2, -0.15) is 0 Å². The van der Waals surface area contributed by atoms with Crippen molar-refractivity contribution >= 4 is 0 Å². The van der Waals surface area contributed by atoms with Crippen LogP contribution in [0.5, 0.6) is 5.75 Å². The lowest BCUT2D eigenvalue weighted by Gasteiger charge is -2.18. The van der Waals surface area contributed by atoms with Crippen LogP contribution in [-0.4, -0.2) is 6.61 Å². The van der Waals surface area contributed by atoms with E-state index < -0.39 is 0 Å². The van der Waals surface area contributed by atoms with Crippen molar-refractivity contribution in [2.45, 2.75) is 54.4 Å². The fraction of sp³-hybridized carbons (Fsp3) is 0.625. The molecule has 0 spiro atoms. The first-order valence-electron chi connectivity index (χ1n) is 6.58. The monoisotopic (exact) mass is 236 g/mol. The molecule has 0 bridgehead atoms. The van der Waals surface area contributed by atoms with E-state index in [0.717, 1.165) is 12.4 Å². The summed E-state index contributed by atoms with van der Waals surface area (Å²) in [7, 11) is 0. The molecule has 0 radical (unpaired) electrons. The van der Waals surface area contributed by atoms with Crippen LogP contribution in [0.25, 0.3) is 0 Å². The number of ether oxygens (including phenoxy) is 1. The van der Waals surface area contributed by atoms with Crippen molar-refractivity contribution in [1.82, 2.24) is 0 Å². The van der Waals surface area contributed by atoms with Crippen LogP contribution in [0, 0.1) is 12.3 Å². The minimum atomic E-state index is 0.227. The second-order valence-electron chi connectivity index (χ2n) is 5.66. The summed E-state index contributed by atoms with van der Waals surface area (Å²) in [6, 6.07) is 8.16. The molecule has 1 aromatic rings. The highest BCUT2D eigenvalue weighted by molar-refractivity contribution is 5.26. The summed E-state index contributed by atoms with van der Waals surface area (Å²) < 4.78 is 5.63. The smallest absolute Gasteiger partial charge is 0.119 e. The molecule has 0 N–H and O–H groups in total. The zero-order chi connectivity index (χ0) is 13.3. The number of aryl methyl sites for hydroxylation is 1. The maximum Gasteiger partial charge on any atom is 0.119 e. The topological polar surface area (TPSA) is 9.23 Å². The minimum Gasteiger partial charge on any atom is -0.493 e. The molecule has 0 aromatic heterocycles. The Morgan fingerprint density at radius 1 is 0.941 bits per heavy atom. The van der Waals surface area contributed by atoms with Gasteiger partial charge in [0.25, 0.3) is 0 Å². The first-order chi connectivity index (χ1) is 7.89. The minimum absolute atomic E-state index is 0.227. The van der Waals surface area contributed by atoms with E-state index in [9.17, 15) is 0 Å². The molecule has 1 nitrogen and oxygen atoms in total. The van der Waals surface area contributed by atoms with Gasteiger partial charge < -0.3 is 4.74 Å². The van der Waals surface area contributed by atoms with E-state index in [0.29, 0.717) is 0 Å². The summed E-state index contributed by atoms with van der Waals surface area (Å²) in [5, 5.41) is 0. The van der Waals surface area contributed by atoms with Crippen molar-refractivity contribution in [1.29, 1.82) is 0 Å². The standard InChI is InChI=1S/C12H18O.C4H10/c1-10-5-7-11(8-6-10)13-9-12(2,3)4;1-3-4-2/h5-8H,9H2,1-4H3;3-4H2,1-2H3. The predicted molar refractivity (Wildman–Crippen MR) is 76.7 cm³/mol. The molecule has 0 aliphatic rings. The highest BCUT2D eigenvalue weighted by atomic mass is 16.5. The largest absolute Gasteiger partial charge is 0.493 e. The van der Waals surface area contributed by atoms with Gasteiger partial charge in [0.15, 0.2) is 0 Å². The third-order valence-corrected chi connectivity index (χ3v) is 2.19. The van der Waals surface area contributed by atoms with Gasteiger partial charge >= 0.3 is 0 Å². The molecular weight excluding hydrogens is 208 g/mol. The molecule has 1 rings (SSSR count). The van der Waals surface area contributed by atoms with Gasteiger partial charge in [0.05, 0.1) is 6.61 Å². The van der Waals surface area contributed by atoms with E-state index in [1.165, 1.54) is 18.4 Å². The number of hydrogen-bond donors (Lipinski definition) is 0. The van der Waals surface area contributed by atoms with Crippen molar-refractivity contribution < 1.29 is 4.74 Å². The van der Waals surface area contributed by atoms with Crippen LogP contribution in [0.2, 0.25) is 0 Å². The van der Waals surface area contributed by atoms with E-state index in [4.69, 9.17) is 4.74 Å². The van der Waals surface area contributed by atoms with Crippen LogP contribution in [-0.2, 0) is 0 Å². The number of benzene rings is 1. The molecule has 17 heavy (non-hydrogen) atoms. The molecule has 0 fully saturated rings. The second kappa shape index (κ2) is 8.16. The fourth-order valence-corrected chi connectivity index (χ4v) is 0.934. The molecule has 1 aromatic carbocycles. The summed E-state index contributed by atoms with van der Waals surface area (Å²) in [4.78, 5) is 0. The number of hydrogen-bond acceptors (Lipinski definition) is 1. The quantitative estimate of drug-likeness (QED) is 0.698. The molecule has 0 aliphatic heterocycles. The average molecular weight is 236 g/mol. The molecule has 0 amide bonds. The Balaban J connectivity index is 0.000000557. The lowest BCUT2D eigenvalue weighted by molar-refractivity contribution is 0.198. The Kier molecular flexibility index (Phi) is 7.69. The van der Waals surface area contributed by atoms with Crippen LogP contribution in [0.15, 0.2) is 24.3 Å². The summed E-state index contributed by atoms with van der Waals surface area (Å²) in [5.74, 6) is 0.959. The third-order valence-electron chi connectivity index (χ3n) is 2.19. The zero-order valence-corrected chi connectivity index (χ0v) is 12.3. The average Bonchev–Trinajstić information content (AvgIpc) is 2.28. The molecule has 0 unspecified atom stereocenters. The summed E-state index contributed by atoms with van der Waals surface area (Å²) in [5.41, 5.74) is 1.49. The van der Waals surface area contributed by atoms with Crippen LogP contribution < -0.4 is 4.74 Å². The predicted octanol–water partition coefficient (Wildman–Crippen LogP) is 5.23. The van der Waals surface area contributed by atoms with Crippen LogP contribution in [0.4, 0.5) is 0 Å². The van der Waals surface area contributed by atoms with Crippen LogP contribution >= 0.6 is 0 Å². The fourth-order valence-electron chi connectivity index (χ4n) is 0.934. The number of unbranched alkanes of at least 4 members (excludes halogenated alkanes) is 1. The maximum absolute atomic E-state index is 5.63. The molecule has 0 heterocycles. The Bertz CT molecular complexity index is 277. The Hall–Kier alpha value is -0.980. The normalized spacial score (nSPS) is 10.5. The van der Waals surface area contributed by atoms with Gasteiger partial charge in [-0.25, -0.2) is 0 Å². The molecule has 98 valence electrons. The van der Waals surface area contributed by atoms with Crippen molar-refractivity contribution in [3.63, 3.8) is 0 Å². The molecule has 0 aliphatic carbocycles. The van der Waals surface area contributed by atoms with E-state index in [2.05, 4.69) is 53.7 Å². The Morgan fingerprint density at radius 2 is 1.41 bits per heavy atom. The van der Waals surface area contributed by atoms with E-state index in [1.54, 1.807) is 0 Å². The molecule has 0 saturated carbocycles.